The molecular weight excluding hydrogens is 304 g/mol. The van der Waals surface area contributed by atoms with Crippen molar-refractivity contribution in [1.82, 2.24) is 0 Å². The molecule has 0 saturated heterocycles. The first kappa shape index (κ1) is 16.7. The van der Waals surface area contributed by atoms with Crippen molar-refractivity contribution in [3.63, 3.8) is 0 Å². The number of Topliss-reactive ketones (excluding diaryl/α,β-unsaturated/α-hetero) is 2. The summed E-state index contributed by atoms with van der Waals surface area (Å²) in [5.41, 5.74) is -0.246. The van der Waals surface area contributed by atoms with Crippen LogP contribution in [0.15, 0.2) is 27.4 Å². The number of aliphatic hydroxyl groups excluding tert-OH is 1. The average molecular weight is 320 g/mol. The van der Waals surface area contributed by atoms with Crippen LogP contribution in [-0.2, 0) is 16.2 Å². The van der Waals surface area contributed by atoms with Crippen molar-refractivity contribution in [2.24, 2.45) is 0 Å². The van der Waals surface area contributed by atoms with Crippen LogP contribution >= 0.6 is 0 Å². The number of fused-ring (bicyclic) bond motifs is 1. The Hall–Kier alpha value is -2.67. The smallest absolute Gasteiger partial charge is 0.336 e. The summed E-state index contributed by atoms with van der Waals surface area (Å²) in [6.07, 6.45) is 0. The van der Waals surface area contributed by atoms with E-state index in [2.05, 4.69) is 0 Å². The summed E-state index contributed by atoms with van der Waals surface area (Å²) in [5, 5.41) is 9.82. The van der Waals surface area contributed by atoms with Crippen LogP contribution in [0, 0.1) is 0 Å². The number of hydrogen-bond donors (Lipinski definition) is 1. The van der Waals surface area contributed by atoms with Gasteiger partial charge in [-0.3, -0.25) is 9.59 Å². The van der Waals surface area contributed by atoms with E-state index >= 15 is 0 Å². The Labute approximate surface area is 131 Å². The molecule has 1 heterocycles. The fraction of sp³-hybridized carbons (Fsp3) is 0.312. The highest BCUT2D eigenvalue weighted by molar-refractivity contribution is 5.88. The van der Waals surface area contributed by atoms with E-state index in [1.165, 1.54) is 26.0 Å². The number of carbonyl (C=O) groups excluding carboxylic acids is 2. The summed E-state index contributed by atoms with van der Waals surface area (Å²) in [6, 6.07) is 4.28. The summed E-state index contributed by atoms with van der Waals surface area (Å²) < 4.78 is 15.9. The predicted octanol–water partition coefficient (Wildman–Crippen LogP) is 1.22. The molecule has 1 N–H and O–H groups in total. The first-order valence-electron chi connectivity index (χ1n) is 6.87. The van der Waals surface area contributed by atoms with E-state index in [9.17, 15) is 19.5 Å². The number of rotatable bonds is 7. The summed E-state index contributed by atoms with van der Waals surface area (Å²) >= 11 is 0. The Morgan fingerprint density at radius 1 is 1.13 bits per heavy atom. The van der Waals surface area contributed by atoms with Crippen molar-refractivity contribution in [2.45, 2.75) is 20.5 Å². The maximum absolute atomic E-state index is 11.6. The van der Waals surface area contributed by atoms with Crippen LogP contribution in [-0.4, -0.2) is 29.9 Å². The molecule has 0 bridgehead atoms. The fourth-order valence-electron chi connectivity index (χ4n) is 1.98. The Kier molecular flexibility index (Phi) is 5.13. The molecule has 7 heteroatoms. The van der Waals surface area contributed by atoms with Crippen molar-refractivity contribution < 1.29 is 28.6 Å². The molecule has 0 amide bonds. The Morgan fingerprint density at radius 3 is 2.39 bits per heavy atom. The normalized spacial score (nSPS) is 10.6. The van der Waals surface area contributed by atoms with Crippen LogP contribution in [0.2, 0.25) is 0 Å². The molecule has 0 saturated carbocycles. The monoisotopic (exact) mass is 320 g/mol. The van der Waals surface area contributed by atoms with E-state index in [4.69, 9.17) is 13.9 Å². The molecule has 0 fully saturated rings. The van der Waals surface area contributed by atoms with E-state index < -0.39 is 5.63 Å². The van der Waals surface area contributed by atoms with E-state index in [1.54, 1.807) is 6.07 Å². The van der Waals surface area contributed by atoms with Crippen LogP contribution in [0.4, 0.5) is 0 Å². The van der Waals surface area contributed by atoms with Crippen molar-refractivity contribution in [3.8, 4) is 11.5 Å². The minimum absolute atomic E-state index is 0.0475. The molecule has 2 rings (SSSR count). The molecule has 0 spiro atoms. The summed E-state index contributed by atoms with van der Waals surface area (Å²) in [4.78, 5) is 33.9. The molecule has 0 aliphatic heterocycles. The Balaban J connectivity index is 2.61. The average Bonchev–Trinajstić information content (AvgIpc) is 2.49. The first-order valence-corrected chi connectivity index (χ1v) is 6.87. The third kappa shape index (κ3) is 3.95. The van der Waals surface area contributed by atoms with Crippen molar-refractivity contribution in [1.29, 1.82) is 0 Å². The van der Waals surface area contributed by atoms with Crippen LogP contribution in [0.3, 0.4) is 0 Å². The lowest BCUT2D eigenvalue weighted by Gasteiger charge is -2.13. The third-order valence-corrected chi connectivity index (χ3v) is 2.94. The minimum atomic E-state index is -0.669. The molecule has 2 aromatic rings. The zero-order valence-corrected chi connectivity index (χ0v) is 12.8. The molecule has 23 heavy (non-hydrogen) atoms. The largest absolute Gasteiger partial charge is 0.482 e. The number of carbonyl (C=O) groups is 2. The van der Waals surface area contributed by atoms with Gasteiger partial charge in [0, 0.05) is 11.5 Å². The van der Waals surface area contributed by atoms with Gasteiger partial charge in [0.15, 0.2) is 22.9 Å². The lowest BCUT2D eigenvalue weighted by atomic mass is 10.1. The highest BCUT2D eigenvalue weighted by atomic mass is 16.5. The van der Waals surface area contributed by atoms with Crippen molar-refractivity contribution >= 4 is 22.5 Å². The lowest BCUT2D eigenvalue weighted by Crippen LogP contribution is -2.12. The van der Waals surface area contributed by atoms with Crippen LogP contribution in [0.1, 0.15) is 19.4 Å². The molecule has 0 unspecified atom stereocenters. The number of hydrogen-bond acceptors (Lipinski definition) is 7. The van der Waals surface area contributed by atoms with Crippen molar-refractivity contribution in [3.05, 3.63) is 34.2 Å². The topological polar surface area (TPSA) is 103 Å². The standard InChI is InChI=1S/C16H16O7/c1-9(18)7-21-13-4-3-12-11(6-17)5-14(20)23-15(12)16(13)22-8-10(2)19/h3-5,17H,6-8H2,1-2H3. The molecule has 0 radical (unpaired) electrons. The Morgan fingerprint density at radius 2 is 1.78 bits per heavy atom. The molecule has 1 aromatic heterocycles. The van der Waals surface area contributed by atoms with Gasteiger partial charge in [-0.2, -0.15) is 0 Å². The predicted molar refractivity (Wildman–Crippen MR) is 80.8 cm³/mol. The molecule has 7 nitrogen and oxygen atoms in total. The van der Waals surface area contributed by atoms with Gasteiger partial charge in [0.05, 0.1) is 6.61 Å². The summed E-state index contributed by atoms with van der Waals surface area (Å²) in [5.74, 6) is -0.216. The minimum Gasteiger partial charge on any atom is -0.482 e. The van der Waals surface area contributed by atoms with E-state index in [0.29, 0.717) is 10.9 Å². The van der Waals surface area contributed by atoms with Gasteiger partial charge in [0.2, 0.25) is 5.75 Å². The van der Waals surface area contributed by atoms with Crippen LogP contribution in [0.5, 0.6) is 11.5 Å². The number of ketones is 2. The lowest BCUT2D eigenvalue weighted by molar-refractivity contribution is -0.120. The van der Waals surface area contributed by atoms with E-state index in [-0.39, 0.29) is 48.5 Å². The highest BCUT2D eigenvalue weighted by Crippen LogP contribution is 2.36. The molecule has 0 aliphatic rings. The Bertz CT molecular complexity index is 804. The van der Waals surface area contributed by atoms with Crippen LogP contribution < -0.4 is 15.1 Å². The summed E-state index contributed by atoms with van der Waals surface area (Å²) in [6.45, 7) is 1.91. The van der Waals surface area contributed by atoms with Gasteiger partial charge in [-0.25, -0.2) is 4.79 Å². The maximum atomic E-state index is 11.6. The van der Waals surface area contributed by atoms with Gasteiger partial charge < -0.3 is 19.0 Å². The molecule has 122 valence electrons. The van der Waals surface area contributed by atoms with Gasteiger partial charge in [0.25, 0.3) is 0 Å². The van der Waals surface area contributed by atoms with Gasteiger partial charge in [-0.1, -0.05) is 0 Å². The van der Waals surface area contributed by atoms with Gasteiger partial charge in [-0.05, 0) is 31.5 Å². The molecule has 1 aromatic carbocycles. The van der Waals surface area contributed by atoms with Gasteiger partial charge >= 0.3 is 5.63 Å². The SMILES string of the molecule is CC(=O)COc1ccc2c(CO)cc(=O)oc2c1OCC(C)=O. The van der Waals surface area contributed by atoms with Gasteiger partial charge in [0.1, 0.15) is 13.2 Å². The van der Waals surface area contributed by atoms with E-state index in [0.717, 1.165) is 0 Å². The van der Waals surface area contributed by atoms with Crippen LogP contribution in [0.25, 0.3) is 11.0 Å². The molecule has 0 aliphatic carbocycles. The van der Waals surface area contributed by atoms with Crippen molar-refractivity contribution in [2.75, 3.05) is 13.2 Å². The second-order valence-electron chi connectivity index (χ2n) is 5.00. The number of ether oxygens (including phenoxy) is 2. The highest BCUT2D eigenvalue weighted by Gasteiger charge is 2.17. The second-order valence-corrected chi connectivity index (χ2v) is 5.00. The summed E-state index contributed by atoms with van der Waals surface area (Å²) in [7, 11) is 0. The zero-order valence-electron chi connectivity index (χ0n) is 12.8. The first-order chi connectivity index (χ1) is 10.9. The zero-order chi connectivity index (χ0) is 17.0. The van der Waals surface area contributed by atoms with Gasteiger partial charge in [-0.15, -0.1) is 0 Å². The second kappa shape index (κ2) is 7.06. The third-order valence-electron chi connectivity index (χ3n) is 2.94. The van der Waals surface area contributed by atoms with E-state index in [1.807, 2.05) is 0 Å². The molecule has 0 atom stereocenters. The quantitative estimate of drug-likeness (QED) is 0.765. The fourth-order valence-corrected chi connectivity index (χ4v) is 1.98. The maximum Gasteiger partial charge on any atom is 0.336 e. The number of benzene rings is 1. The molecular formula is C16H16O7. The number of aliphatic hydroxyl groups is 1.